The van der Waals surface area contributed by atoms with Crippen molar-refractivity contribution in [2.45, 2.75) is 96.8 Å². The molecule has 0 rings (SSSR count). The molecule has 0 spiro atoms. The molecule has 146 valence electrons. The van der Waals surface area contributed by atoms with Crippen molar-refractivity contribution in [3.63, 3.8) is 0 Å². The average Bonchev–Trinajstić information content (AvgIpc) is 2.62. The molecule has 0 aromatic rings. The van der Waals surface area contributed by atoms with E-state index in [2.05, 4.69) is 17.0 Å². The molecular formula is C21H39NO3. The fourth-order valence-corrected chi connectivity index (χ4v) is 2.74. The molecule has 0 saturated carbocycles. The second-order valence-electron chi connectivity index (χ2n) is 6.70. The highest BCUT2D eigenvalue weighted by molar-refractivity contribution is 5.81. The molecule has 0 atom stereocenters. The van der Waals surface area contributed by atoms with Crippen LogP contribution < -0.4 is 5.32 Å². The predicted molar refractivity (Wildman–Crippen MR) is 104 cm³/mol. The quantitative estimate of drug-likeness (QED) is 0.219. The minimum absolute atomic E-state index is 0.211. The zero-order chi connectivity index (χ0) is 18.6. The lowest BCUT2D eigenvalue weighted by Gasteiger charge is -2.04. The van der Waals surface area contributed by atoms with Gasteiger partial charge in [0.2, 0.25) is 5.91 Å². The van der Waals surface area contributed by atoms with Gasteiger partial charge in [0.1, 0.15) is 0 Å². The number of methoxy groups -OCH3 is 1. The number of hydrogen-bond donors (Lipinski definition) is 1. The number of hydrogen-bond acceptors (Lipinski definition) is 3. The van der Waals surface area contributed by atoms with E-state index in [1.54, 1.807) is 0 Å². The predicted octanol–water partition coefficient (Wildman–Crippen LogP) is 5.31. The van der Waals surface area contributed by atoms with Gasteiger partial charge in [-0.25, -0.2) is 4.79 Å². The third-order valence-electron chi connectivity index (χ3n) is 4.30. The van der Waals surface area contributed by atoms with E-state index in [1.165, 1.54) is 71.0 Å². The van der Waals surface area contributed by atoms with Gasteiger partial charge in [-0.2, -0.15) is 0 Å². The Hall–Kier alpha value is -1.32. The maximum atomic E-state index is 11.4. The highest BCUT2D eigenvalue weighted by atomic mass is 16.5. The molecule has 0 saturated heterocycles. The number of carbonyl (C=O) groups excluding carboxylic acids is 2. The summed E-state index contributed by atoms with van der Waals surface area (Å²) in [5.74, 6) is -0.0533. The van der Waals surface area contributed by atoms with Crippen molar-refractivity contribution in [2.75, 3.05) is 13.7 Å². The summed E-state index contributed by atoms with van der Waals surface area (Å²) in [6.45, 7) is 2.88. The number of allylic oxidation sites excluding steroid dienone is 1. The van der Waals surface area contributed by atoms with E-state index in [9.17, 15) is 9.59 Å². The zero-order valence-electron chi connectivity index (χ0n) is 16.5. The molecule has 0 radical (unpaired) electrons. The lowest BCUT2D eigenvalue weighted by Crippen LogP contribution is -2.23. The van der Waals surface area contributed by atoms with Crippen LogP contribution in [0, 0.1) is 0 Å². The Labute approximate surface area is 154 Å². The summed E-state index contributed by atoms with van der Waals surface area (Å²) in [6, 6.07) is 0. The van der Waals surface area contributed by atoms with Crippen LogP contribution in [0.5, 0.6) is 0 Å². The van der Waals surface area contributed by atoms with Gasteiger partial charge in [-0.3, -0.25) is 4.79 Å². The Bertz CT molecular complexity index is 353. The number of carbonyl (C=O) groups is 2. The summed E-state index contributed by atoms with van der Waals surface area (Å²) < 4.78 is 4.54. The van der Waals surface area contributed by atoms with E-state index in [1.807, 2.05) is 6.08 Å². The van der Waals surface area contributed by atoms with Crippen molar-refractivity contribution in [2.24, 2.45) is 0 Å². The summed E-state index contributed by atoms with van der Waals surface area (Å²) in [7, 11) is 1.40. The molecule has 0 unspecified atom stereocenters. The summed E-state index contributed by atoms with van der Waals surface area (Å²) >= 11 is 0. The number of esters is 1. The summed E-state index contributed by atoms with van der Waals surface area (Å²) in [6.07, 6.45) is 19.8. The van der Waals surface area contributed by atoms with E-state index in [0.717, 1.165) is 32.2 Å². The normalized spacial score (nSPS) is 11.0. The highest BCUT2D eigenvalue weighted by Gasteiger charge is 1.99. The molecule has 0 fully saturated rings. The topological polar surface area (TPSA) is 55.4 Å². The Kier molecular flexibility index (Phi) is 18.0. The fraction of sp³-hybridized carbons (Fsp3) is 0.810. The van der Waals surface area contributed by atoms with Gasteiger partial charge in [0.15, 0.2) is 0 Å². The first kappa shape index (κ1) is 23.7. The van der Waals surface area contributed by atoms with E-state index in [0.29, 0.717) is 6.42 Å². The van der Waals surface area contributed by atoms with Crippen molar-refractivity contribution in [3.05, 3.63) is 12.2 Å². The van der Waals surface area contributed by atoms with Crippen LogP contribution in [0.1, 0.15) is 96.8 Å². The van der Waals surface area contributed by atoms with Crippen LogP contribution >= 0.6 is 0 Å². The van der Waals surface area contributed by atoms with Crippen molar-refractivity contribution in [1.29, 1.82) is 0 Å². The average molecular weight is 354 g/mol. The monoisotopic (exact) mass is 353 g/mol. The van der Waals surface area contributed by atoms with Gasteiger partial charge in [0.25, 0.3) is 0 Å². The SMILES string of the molecule is CCCNC(=O)CCCCCCCCCCCCCC=CC(=O)OC. The molecular weight excluding hydrogens is 314 g/mol. The maximum Gasteiger partial charge on any atom is 0.330 e. The number of amides is 1. The van der Waals surface area contributed by atoms with Crippen molar-refractivity contribution < 1.29 is 14.3 Å². The Morgan fingerprint density at radius 3 is 1.88 bits per heavy atom. The minimum atomic E-state index is -0.264. The number of rotatable bonds is 17. The molecule has 0 aliphatic carbocycles. The first-order valence-corrected chi connectivity index (χ1v) is 10.2. The fourth-order valence-electron chi connectivity index (χ4n) is 2.74. The summed E-state index contributed by atoms with van der Waals surface area (Å²) in [5, 5.41) is 2.92. The molecule has 0 heterocycles. The molecule has 4 heteroatoms. The van der Waals surface area contributed by atoms with E-state index >= 15 is 0 Å². The number of ether oxygens (including phenoxy) is 1. The first-order chi connectivity index (χ1) is 12.2. The highest BCUT2D eigenvalue weighted by Crippen LogP contribution is 2.12. The van der Waals surface area contributed by atoms with Crippen LogP contribution in [0.3, 0.4) is 0 Å². The van der Waals surface area contributed by atoms with E-state index in [4.69, 9.17) is 0 Å². The second kappa shape index (κ2) is 19.0. The maximum absolute atomic E-state index is 11.4. The summed E-state index contributed by atoms with van der Waals surface area (Å²) in [5.41, 5.74) is 0. The van der Waals surface area contributed by atoms with Crippen LogP contribution in [0.2, 0.25) is 0 Å². The third kappa shape index (κ3) is 18.9. The van der Waals surface area contributed by atoms with Crippen molar-refractivity contribution in [3.8, 4) is 0 Å². The van der Waals surface area contributed by atoms with Gasteiger partial charge in [0, 0.05) is 19.0 Å². The Morgan fingerprint density at radius 2 is 1.36 bits per heavy atom. The summed E-state index contributed by atoms with van der Waals surface area (Å²) in [4.78, 5) is 22.3. The van der Waals surface area contributed by atoms with Crippen LogP contribution in [0.15, 0.2) is 12.2 Å². The second-order valence-corrected chi connectivity index (χ2v) is 6.70. The zero-order valence-corrected chi connectivity index (χ0v) is 16.5. The molecule has 0 aromatic heterocycles. The molecule has 0 aliphatic rings. The standard InChI is InChI=1S/C21H39NO3/c1-3-19-22-20(23)17-15-13-11-9-7-5-4-6-8-10-12-14-16-18-21(24)25-2/h16,18H,3-15,17,19H2,1-2H3,(H,22,23). The molecule has 25 heavy (non-hydrogen) atoms. The first-order valence-electron chi connectivity index (χ1n) is 10.2. The smallest absolute Gasteiger partial charge is 0.330 e. The van der Waals surface area contributed by atoms with Crippen molar-refractivity contribution >= 4 is 11.9 Å². The minimum Gasteiger partial charge on any atom is -0.466 e. The largest absolute Gasteiger partial charge is 0.466 e. The Morgan fingerprint density at radius 1 is 0.840 bits per heavy atom. The van der Waals surface area contributed by atoms with Crippen molar-refractivity contribution in [1.82, 2.24) is 5.32 Å². The molecule has 1 N–H and O–H groups in total. The van der Waals surface area contributed by atoms with Crippen LogP contribution in [0.4, 0.5) is 0 Å². The Balaban J connectivity index is 3.15. The van der Waals surface area contributed by atoms with Gasteiger partial charge >= 0.3 is 5.97 Å². The number of nitrogens with one attached hydrogen (secondary N) is 1. The molecule has 0 bridgehead atoms. The van der Waals surface area contributed by atoms with Gasteiger partial charge < -0.3 is 10.1 Å². The third-order valence-corrected chi connectivity index (χ3v) is 4.30. The molecule has 0 aliphatic heterocycles. The van der Waals surface area contributed by atoms with Gasteiger partial charge in [-0.15, -0.1) is 0 Å². The molecule has 4 nitrogen and oxygen atoms in total. The van der Waals surface area contributed by atoms with Gasteiger partial charge in [-0.1, -0.05) is 70.8 Å². The van der Waals surface area contributed by atoms with Crippen LogP contribution in [0.25, 0.3) is 0 Å². The van der Waals surface area contributed by atoms with E-state index < -0.39 is 0 Å². The molecule has 0 aromatic carbocycles. The lowest BCUT2D eigenvalue weighted by molar-refractivity contribution is -0.134. The van der Waals surface area contributed by atoms with E-state index in [-0.39, 0.29) is 11.9 Å². The van der Waals surface area contributed by atoms with Crippen LogP contribution in [-0.2, 0) is 14.3 Å². The van der Waals surface area contributed by atoms with Gasteiger partial charge in [0.05, 0.1) is 7.11 Å². The van der Waals surface area contributed by atoms with Gasteiger partial charge in [-0.05, 0) is 25.7 Å². The number of unbranched alkanes of at least 4 members (excludes halogenated alkanes) is 11. The lowest BCUT2D eigenvalue weighted by atomic mass is 10.0. The van der Waals surface area contributed by atoms with Crippen LogP contribution in [-0.4, -0.2) is 25.5 Å². The molecule has 1 amide bonds.